The predicted octanol–water partition coefficient (Wildman–Crippen LogP) is 2.87. The molecule has 1 saturated heterocycles. The zero-order valence-electron chi connectivity index (χ0n) is 18.1. The lowest BCUT2D eigenvalue weighted by atomic mass is 9.90. The predicted molar refractivity (Wildman–Crippen MR) is 117 cm³/mol. The van der Waals surface area contributed by atoms with E-state index in [0.29, 0.717) is 39.0 Å². The first kappa shape index (κ1) is 21.0. The van der Waals surface area contributed by atoms with Crippen LogP contribution in [0.15, 0.2) is 48.5 Å². The van der Waals surface area contributed by atoms with Crippen LogP contribution in [0.25, 0.3) is 0 Å². The number of nitrogens with zero attached hydrogens (tertiary/aromatic N) is 3. The summed E-state index contributed by atoms with van der Waals surface area (Å²) in [4.78, 5) is 30.9. The highest BCUT2D eigenvalue weighted by Gasteiger charge is 2.42. The Morgan fingerprint density at radius 3 is 2.52 bits per heavy atom. The molecule has 0 aliphatic carbocycles. The number of likely N-dealkylation sites (tertiary alicyclic amines) is 1. The number of piperidine rings is 1. The van der Waals surface area contributed by atoms with Crippen LogP contribution in [0, 0.1) is 0 Å². The van der Waals surface area contributed by atoms with E-state index in [1.807, 2.05) is 40.1 Å². The molecule has 0 unspecified atom stereocenters. The van der Waals surface area contributed by atoms with E-state index in [1.54, 1.807) is 37.2 Å². The zero-order chi connectivity index (χ0) is 22.0. The molecule has 7 nitrogen and oxygen atoms in total. The third-order valence-electron chi connectivity index (χ3n) is 6.09. The van der Waals surface area contributed by atoms with E-state index in [4.69, 9.17) is 4.74 Å². The van der Waals surface area contributed by atoms with Crippen LogP contribution >= 0.6 is 0 Å². The largest absolute Gasteiger partial charge is 0.508 e. The Hall–Kier alpha value is -3.22. The molecule has 0 radical (unpaired) electrons. The maximum atomic E-state index is 13.2. The Bertz CT molecular complexity index is 967. The molecule has 3 amide bonds. The van der Waals surface area contributed by atoms with E-state index in [9.17, 15) is 14.7 Å². The summed E-state index contributed by atoms with van der Waals surface area (Å²) in [5, 5.41) is 9.74. The van der Waals surface area contributed by atoms with E-state index < -0.39 is 5.60 Å². The van der Waals surface area contributed by atoms with Crippen molar-refractivity contribution in [2.45, 2.75) is 31.4 Å². The summed E-state index contributed by atoms with van der Waals surface area (Å²) >= 11 is 0. The number of phenols is 1. The summed E-state index contributed by atoms with van der Waals surface area (Å²) in [5.74, 6) is 0.962. The van der Waals surface area contributed by atoms with E-state index in [2.05, 4.69) is 0 Å². The molecule has 0 saturated carbocycles. The lowest BCUT2D eigenvalue weighted by Crippen LogP contribution is -2.56. The number of carbonyl (C=O) groups is 2. The van der Waals surface area contributed by atoms with Gasteiger partial charge in [0.15, 0.2) is 0 Å². The maximum absolute atomic E-state index is 13.2. The van der Waals surface area contributed by atoms with Crippen LogP contribution in [-0.2, 0) is 17.8 Å². The van der Waals surface area contributed by atoms with Gasteiger partial charge in [-0.1, -0.05) is 30.3 Å². The van der Waals surface area contributed by atoms with Crippen LogP contribution in [0.4, 0.5) is 4.79 Å². The number of amides is 3. The standard InChI is InChI=1S/C24H29N3O4/c1-25(2)23(30)26-12-10-24(11-13-26)17-27(16-19-7-3-4-9-21(19)31-24)22(29)15-18-6-5-8-20(28)14-18/h3-9,14,28H,10-13,15-17H2,1-2H3. The smallest absolute Gasteiger partial charge is 0.319 e. The Morgan fingerprint density at radius 1 is 1.06 bits per heavy atom. The number of carbonyl (C=O) groups excluding carboxylic acids is 2. The van der Waals surface area contributed by atoms with Gasteiger partial charge in [-0.2, -0.15) is 0 Å². The van der Waals surface area contributed by atoms with Gasteiger partial charge in [0.2, 0.25) is 5.91 Å². The van der Waals surface area contributed by atoms with Gasteiger partial charge in [0.25, 0.3) is 0 Å². The number of benzene rings is 2. The number of hydrogen-bond donors (Lipinski definition) is 1. The summed E-state index contributed by atoms with van der Waals surface area (Å²) in [6.45, 7) is 2.14. The molecule has 7 heteroatoms. The van der Waals surface area contributed by atoms with Gasteiger partial charge in [-0.05, 0) is 23.8 Å². The molecule has 2 aromatic carbocycles. The van der Waals surface area contributed by atoms with Crippen molar-refractivity contribution < 1.29 is 19.4 Å². The van der Waals surface area contributed by atoms with Crippen LogP contribution in [0.2, 0.25) is 0 Å². The lowest BCUT2D eigenvalue weighted by Gasteiger charge is -2.43. The molecule has 2 heterocycles. The molecule has 2 aromatic rings. The van der Waals surface area contributed by atoms with Gasteiger partial charge in [0.1, 0.15) is 17.1 Å². The molecule has 0 aromatic heterocycles. The second kappa shape index (κ2) is 8.49. The summed E-state index contributed by atoms with van der Waals surface area (Å²) in [7, 11) is 3.51. The first-order valence-corrected chi connectivity index (χ1v) is 10.6. The quantitative estimate of drug-likeness (QED) is 0.806. The third kappa shape index (κ3) is 4.60. The molecule has 164 valence electrons. The van der Waals surface area contributed by atoms with Crippen molar-refractivity contribution in [1.82, 2.24) is 14.7 Å². The van der Waals surface area contributed by atoms with Gasteiger partial charge in [0.05, 0.1) is 13.0 Å². The van der Waals surface area contributed by atoms with Crippen molar-refractivity contribution >= 4 is 11.9 Å². The summed E-state index contributed by atoms with van der Waals surface area (Å²) in [6, 6.07) is 14.7. The molecule has 31 heavy (non-hydrogen) atoms. The number of para-hydroxylation sites is 1. The van der Waals surface area contributed by atoms with E-state index in [-0.39, 0.29) is 24.1 Å². The van der Waals surface area contributed by atoms with E-state index in [0.717, 1.165) is 16.9 Å². The van der Waals surface area contributed by atoms with Crippen LogP contribution in [-0.4, -0.2) is 71.1 Å². The highest BCUT2D eigenvalue weighted by molar-refractivity contribution is 5.79. The number of aromatic hydroxyl groups is 1. The van der Waals surface area contributed by atoms with E-state index >= 15 is 0 Å². The van der Waals surface area contributed by atoms with Crippen molar-refractivity contribution in [3.05, 3.63) is 59.7 Å². The van der Waals surface area contributed by atoms with Crippen LogP contribution in [0.5, 0.6) is 11.5 Å². The number of rotatable bonds is 2. The monoisotopic (exact) mass is 423 g/mol. The first-order chi connectivity index (χ1) is 14.8. The second-order valence-corrected chi connectivity index (χ2v) is 8.65. The number of hydrogen-bond acceptors (Lipinski definition) is 4. The van der Waals surface area contributed by atoms with Gasteiger partial charge in [0, 0.05) is 52.1 Å². The first-order valence-electron chi connectivity index (χ1n) is 10.6. The average molecular weight is 424 g/mol. The molecule has 2 aliphatic rings. The van der Waals surface area contributed by atoms with Crippen LogP contribution in [0.1, 0.15) is 24.0 Å². The molecule has 1 spiro atoms. The zero-order valence-corrected chi connectivity index (χ0v) is 18.1. The molecule has 1 fully saturated rings. The van der Waals surface area contributed by atoms with Crippen molar-refractivity contribution in [1.29, 1.82) is 0 Å². The number of phenolic OH excluding ortho intramolecular Hbond substituents is 1. The minimum Gasteiger partial charge on any atom is -0.508 e. The van der Waals surface area contributed by atoms with E-state index in [1.165, 1.54) is 0 Å². The molecule has 1 N–H and O–H groups in total. The highest BCUT2D eigenvalue weighted by Crippen LogP contribution is 2.36. The molecule has 4 rings (SSSR count). The van der Waals surface area contributed by atoms with Crippen molar-refractivity contribution in [2.24, 2.45) is 0 Å². The summed E-state index contributed by atoms with van der Waals surface area (Å²) in [6.07, 6.45) is 1.55. The summed E-state index contributed by atoms with van der Waals surface area (Å²) in [5.41, 5.74) is 1.24. The Morgan fingerprint density at radius 2 is 1.81 bits per heavy atom. The molecule has 2 aliphatic heterocycles. The molecule has 0 bridgehead atoms. The highest BCUT2D eigenvalue weighted by atomic mass is 16.5. The third-order valence-corrected chi connectivity index (χ3v) is 6.09. The Kier molecular flexibility index (Phi) is 5.76. The van der Waals surface area contributed by atoms with Gasteiger partial charge in [-0.25, -0.2) is 4.79 Å². The molecule has 0 atom stereocenters. The van der Waals surface area contributed by atoms with Gasteiger partial charge < -0.3 is 24.5 Å². The normalized spacial score (nSPS) is 17.5. The summed E-state index contributed by atoms with van der Waals surface area (Å²) < 4.78 is 6.54. The van der Waals surface area contributed by atoms with Gasteiger partial charge >= 0.3 is 6.03 Å². The van der Waals surface area contributed by atoms with Crippen molar-refractivity contribution in [3.63, 3.8) is 0 Å². The van der Waals surface area contributed by atoms with Gasteiger partial charge in [-0.15, -0.1) is 0 Å². The fraction of sp³-hybridized carbons (Fsp3) is 0.417. The molecular weight excluding hydrogens is 394 g/mol. The Balaban J connectivity index is 1.56. The number of ether oxygens (including phenoxy) is 1. The maximum Gasteiger partial charge on any atom is 0.319 e. The fourth-order valence-corrected chi connectivity index (χ4v) is 4.39. The minimum absolute atomic E-state index is 0.000639. The van der Waals surface area contributed by atoms with Crippen LogP contribution < -0.4 is 4.74 Å². The average Bonchev–Trinajstić information content (AvgIpc) is 2.90. The fourth-order valence-electron chi connectivity index (χ4n) is 4.39. The van der Waals surface area contributed by atoms with Crippen molar-refractivity contribution in [2.75, 3.05) is 33.7 Å². The topological polar surface area (TPSA) is 73.3 Å². The second-order valence-electron chi connectivity index (χ2n) is 8.65. The van der Waals surface area contributed by atoms with Crippen molar-refractivity contribution in [3.8, 4) is 11.5 Å². The lowest BCUT2D eigenvalue weighted by molar-refractivity contribution is -0.134. The number of fused-ring (bicyclic) bond motifs is 1. The minimum atomic E-state index is -0.524. The number of urea groups is 1. The SMILES string of the molecule is CN(C)C(=O)N1CCC2(CC1)CN(C(=O)Cc1cccc(O)c1)Cc1ccccc1O2. The molecular formula is C24H29N3O4. The van der Waals surface area contributed by atoms with Crippen LogP contribution in [0.3, 0.4) is 0 Å². The Labute approximate surface area is 182 Å². The van der Waals surface area contributed by atoms with Gasteiger partial charge in [-0.3, -0.25) is 4.79 Å².